The molecule has 0 saturated heterocycles. The minimum atomic E-state index is -0.560. The molecule has 152 valence electrons. The van der Waals surface area contributed by atoms with Gasteiger partial charge in [0, 0.05) is 16.8 Å². The average Bonchev–Trinajstić information content (AvgIpc) is 3.24. The lowest BCUT2D eigenvalue weighted by Gasteiger charge is -2.14. The maximum absolute atomic E-state index is 13.1. The summed E-state index contributed by atoms with van der Waals surface area (Å²) < 4.78 is 2.41. The van der Waals surface area contributed by atoms with Crippen molar-refractivity contribution >= 4 is 34.0 Å². The van der Waals surface area contributed by atoms with E-state index in [2.05, 4.69) is 10.3 Å². The topological polar surface area (TPSA) is 86.0 Å². The molecule has 8 heteroatoms. The molecule has 7 nitrogen and oxygen atoms in total. The van der Waals surface area contributed by atoms with E-state index in [1.807, 2.05) is 49.6 Å². The second-order valence-electron chi connectivity index (χ2n) is 7.08. The van der Waals surface area contributed by atoms with Crippen LogP contribution in [0.2, 0.25) is 0 Å². The number of anilines is 1. The second-order valence-corrected chi connectivity index (χ2v) is 8.11. The van der Waals surface area contributed by atoms with Crippen LogP contribution in [0.4, 0.5) is 5.69 Å². The first-order valence-corrected chi connectivity index (χ1v) is 10.3. The smallest absolute Gasteiger partial charge is 0.324 e. The average molecular weight is 420 g/mol. The molecule has 0 bridgehead atoms. The van der Waals surface area contributed by atoms with Crippen molar-refractivity contribution in [1.82, 2.24) is 14.1 Å². The molecule has 3 heterocycles. The summed E-state index contributed by atoms with van der Waals surface area (Å²) in [5.41, 5.74) is 1.94. The predicted molar refractivity (Wildman–Crippen MR) is 118 cm³/mol. The summed E-state index contributed by atoms with van der Waals surface area (Å²) in [6.07, 6.45) is 1.50. The Hall–Kier alpha value is -3.52. The molecular weight excluding hydrogens is 400 g/mol. The van der Waals surface area contributed by atoms with Crippen LogP contribution in [-0.4, -0.2) is 20.0 Å². The molecule has 30 heavy (non-hydrogen) atoms. The van der Waals surface area contributed by atoms with Crippen LogP contribution in [0.3, 0.4) is 0 Å². The fourth-order valence-electron chi connectivity index (χ4n) is 3.38. The maximum atomic E-state index is 13.1. The highest BCUT2D eigenvalue weighted by Gasteiger charge is 2.17. The van der Waals surface area contributed by atoms with Gasteiger partial charge in [-0.2, -0.15) is 0 Å². The third kappa shape index (κ3) is 3.81. The van der Waals surface area contributed by atoms with Crippen LogP contribution in [0.1, 0.15) is 16.0 Å². The number of amides is 1. The molecule has 1 amide bonds. The first-order valence-electron chi connectivity index (χ1n) is 9.42. The zero-order valence-electron chi connectivity index (χ0n) is 16.6. The van der Waals surface area contributed by atoms with E-state index in [4.69, 9.17) is 0 Å². The van der Waals surface area contributed by atoms with Crippen LogP contribution in [0.15, 0.2) is 63.6 Å². The first-order chi connectivity index (χ1) is 14.4. The molecule has 0 aliphatic rings. The number of benzene rings is 1. The number of fused-ring (bicyclic) bond motifs is 1. The van der Waals surface area contributed by atoms with Crippen LogP contribution in [0.25, 0.3) is 11.0 Å². The first kappa shape index (κ1) is 19.8. The third-order valence-electron chi connectivity index (χ3n) is 4.83. The van der Waals surface area contributed by atoms with Crippen LogP contribution in [-0.2, 0) is 17.9 Å². The van der Waals surface area contributed by atoms with Crippen molar-refractivity contribution in [3.05, 3.63) is 90.9 Å². The fraction of sp³-hybridized carbons (Fsp3) is 0.182. The molecule has 0 spiro atoms. The van der Waals surface area contributed by atoms with Crippen LogP contribution in [0, 0.1) is 13.8 Å². The van der Waals surface area contributed by atoms with E-state index in [9.17, 15) is 14.4 Å². The fourth-order valence-corrected chi connectivity index (χ4v) is 4.07. The van der Waals surface area contributed by atoms with Crippen LogP contribution < -0.4 is 16.6 Å². The highest BCUT2D eigenvalue weighted by Crippen LogP contribution is 2.16. The molecule has 0 fully saturated rings. The molecule has 4 aromatic rings. The van der Waals surface area contributed by atoms with Gasteiger partial charge in [-0.1, -0.05) is 23.8 Å². The van der Waals surface area contributed by atoms with Crippen molar-refractivity contribution < 1.29 is 4.79 Å². The molecule has 1 N–H and O–H groups in total. The van der Waals surface area contributed by atoms with Crippen LogP contribution in [0.5, 0.6) is 0 Å². The summed E-state index contributed by atoms with van der Waals surface area (Å²) in [6, 6.07) is 12.7. The SMILES string of the molecule is Cc1ccc(NC(=O)Cn2c(=O)n(Cc3cccs3)c(=O)c3cccnc32)c(C)c1. The maximum Gasteiger partial charge on any atom is 0.333 e. The number of aryl methyl sites for hydroxylation is 2. The van der Waals surface area contributed by atoms with Gasteiger partial charge in [0.1, 0.15) is 12.2 Å². The van der Waals surface area contributed by atoms with Gasteiger partial charge in [0.2, 0.25) is 5.91 Å². The Morgan fingerprint density at radius 2 is 1.93 bits per heavy atom. The van der Waals surface area contributed by atoms with E-state index >= 15 is 0 Å². The zero-order chi connectivity index (χ0) is 21.3. The number of thiophene rings is 1. The van der Waals surface area contributed by atoms with Crippen molar-refractivity contribution in [2.24, 2.45) is 0 Å². The number of rotatable bonds is 5. The Morgan fingerprint density at radius 1 is 1.10 bits per heavy atom. The van der Waals surface area contributed by atoms with Crippen molar-refractivity contribution in [1.29, 1.82) is 0 Å². The lowest BCUT2D eigenvalue weighted by molar-refractivity contribution is -0.116. The highest BCUT2D eigenvalue weighted by molar-refractivity contribution is 7.09. The Labute approximate surface area is 176 Å². The van der Waals surface area contributed by atoms with Gasteiger partial charge in [-0.15, -0.1) is 11.3 Å². The second kappa shape index (κ2) is 8.08. The number of nitrogens with zero attached hydrogens (tertiary/aromatic N) is 3. The number of aromatic nitrogens is 3. The Bertz CT molecular complexity index is 1350. The lowest BCUT2D eigenvalue weighted by Crippen LogP contribution is -2.42. The number of carbonyl (C=O) groups is 1. The summed E-state index contributed by atoms with van der Waals surface area (Å²) in [6.45, 7) is 3.79. The normalized spacial score (nSPS) is 11.0. The van der Waals surface area contributed by atoms with Crippen LogP contribution >= 0.6 is 11.3 Å². The van der Waals surface area contributed by atoms with Gasteiger partial charge >= 0.3 is 5.69 Å². The lowest BCUT2D eigenvalue weighted by atomic mass is 10.1. The zero-order valence-corrected chi connectivity index (χ0v) is 17.4. The number of carbonyl (C=O) groups excluding carboxylic acids is 1. The summed E-state index contributed by atoms with van der Waals surface area (Å²) in [5, 5.41) is 5.03. The van der Waals surface area contributed by atoms with Gasteiger partial charge in [0.05, 0.1) is 11.9 Å². The monoisotopic (exact) mass is 420 g/mol. The van der Waals surface area contributed by atoms with E-state index < -0.39 is 11.2 Å². The molecule has 0 unspecified atom stereocenters. The highest BCUT2D eigenvalue weighted by atomic mass is 32.1. The number of hydrogen-bond acceptors (Lipinski definition) is 5. The summed E-state index contributed by atoms with van der Waals surface area (Å²) in [4.78, 5) is 43.9. The molecule has 0 aliphatic carbocycles. The Morgan fingerprint density at radius 3 is 2.67 bits per heavy atom. The molecule has 4 rings (SSSR count). The van der Waals surface area contributed by atoms with Gasteiger partial charge in [0.15, 0.2) is 0 Å². The van der Waals surface area contributed by atoms with E-state index in [-0.39, 0.29) is 24.6 Å². The number of nitrogens with one attached hydrogen (secondary N) is 1. The van der Waals surface area contributed by atoms with Gasteiger partial charge in [0.25, 0.3) is 5.56 Å². The minimum absolute atomic E-state index is 0.152. The van der Waals surface area contributed by atoms with Gasteiger partial charge < -0.3 is 5.32 Å². The van der Waals surface area contributed by atoms with Crippen molar-refractivity contribution in [2.45, 2.75) is 26.9 Å². The molecular formula is C22H20N4O3S. The molecule has 1 aromatic carbocycles. The predicted octanol–water partition coefficient (Wildman–Crippen LogP) is 2.92. The van der Waals surface area contributed by atoms with Crippen molar-refractivity contribution in [2.75, 3.05) is 5.32 Å². The van der Waals surface area contributed by atoms with E-state index in [1.54, 1.807) is 12.1 Å². The third-order valence-corrected chi connectivity index (χ3v) is 5.69. The quantitative estimate of drug-likeness (QED) is 0.538. The number of pyridine rings is 1. The van der Waals surface area contributed by atoms with E-state index in [0.717, 1.165) is 20.6 Å². The van der Waals surface area contributed by atoms with Gasteiger partial charge in [-0.3, -0.25) is 18.7 Å². The van der Waals surface area contributed by atoms with Gasteiger partial charge in [-0.05, 0) is 49.1 Å². The summed E-state index contributed by atoms with van der Waals surface area (Å²) in [5.74, 6) is -0.364. The Balaban J connectivity index is 1.75. The largest absolute Gasteiger partial charge is 0.333 e. The van der Waals surface area contributed by atoms with E-state index in [0.29, 0.717) is 11.1 Å². The molecule has 0 atom stereocenters. The Kier molecular flexibility index (Phi) is 5.33. The molecule has 0 saturated carbocycles. The van der Waals surface area contributed by atoms with Crippen molar-refractivity contribution in [3.8, 4) is 0 Å². The minimum Gasteiger partial charge on any atom is -0.324 e. The standard InChI is InChI=1S/C22H20N4O3S/c1-14-7-8-18(15(2)11-14)24-19(27)13-25-20-17(6-3-9-23-20)21(28)26(22(25)29)12-16-5-4-10-30-16/h3-11H,12-13H2,1-2H3,(H,24,27). The molecule has 0 aliphatic heterocycles. The molecule has 3 aromatic heterocycles. The van der Waals surface area contributed by atoms with Crippen molar-refractivity contribution in [3.63, 3.8) is 0 Å². The number of hydrogen-bond donors (Lipinski definition) is 1. The summed E-state index contributed by atoms with van der Waals surface area (Å²) in [7, 11) is 0. The van der Waals surface area contributed by atoms with E-state index in [1.165, 1.54) is 22.1 Å². The van der Waals surface area contributed by atoms with Gasteiger partial charge in [-0.25, -0.2) is 9.78 Å². The summed E-state index contributed by atoms with van der Waals surface area (Å²) >= 11 is 1.46. The molecule has 0 radical (unpaired) electrons.